The molecule has 0 spiro atoms. The number of hydrogen-bond acceptors (Lipinski definition) is 4. The summed E-state index contributed by atoms with van der Waals surface area (Å²) >= 11 is 17.3. The molecule has 0 aromatic heterocycles. The Balaban J connectivity index is 1.79. The second-order valence-corrected chi connectivity index (χ2v) is 7.64. The van der Waals surface area contributed by atoms with E-state index in [0.29, 0.717) is 17.3 Å². The molecule has 3 rings (SSSR count). The SMILES string of the molecule is CCN1C(=O)C(CC(=O)Nc2ccccc2)N(NC(=O)c2ccc(Cl)cc2Cl)C1=S. The average Bonchev–Trinajstić information content (AvgIpc) is 2.92. The van der Waals surface area contributed by atoms with Crippen molar-refractivity contribution < 1.29 is 14.4 Å². The van der Waals surface area contributed by atoms with Crippen LogP contribution in [0.3, 0.4) is 0 Å². The topological polar surface area (TPSA) is 81.8 Å². The molecule has 1 atom stereocenters. The number of benzene rings is 2. The van der Waals surface area contributed by atoms with Crippen LogP contribution in [0.25, 0.3) is 0 Å². The molecule has 1 saturated heterocycles. The van der Waals surface area contributed by atoms with E-state index in [0.717, 1.165) is 0 Å². The molecule has 0 aliphatic carbocycles. The number of carbonyl (C=O) groups is 3. The number of hydrazine groups is 1. The van der Waals surface area contributed by atoms with E-state index >= 15 is 0 Å². The summed E-state index contributed by atoms with van der Waals surface area (Å²) in [6.07, 6.45) is -0.195. The number of thiocarbonyl (C=S) groups is 1. The molecule has 0 bridgehead atoms. The van der Waals surface area contributed by atoms with Crippen molar-refractivity contribution >= 4 is 63.9 Å². The highest BCUT2D eigenvalue weighted by Gasteiger charge is 2.44. The third kappa shape index (κ3) is 4.72. The van der Waals surface area contributed by atoms with Crippen LogP contribution in [0.2, 0.25) is 10.0 Å². The van der Waals surface area contributed by atoms with Crippen LogP contribution in [-0.2, 0) is 9.59 Å². The predicted octanol–water partition coefficient (Wildman–Crippen LogP) is 3.48. The summed E-state index contributed by atoms with van der Waals surface area (Å²) in [7, 11) is 0. The third-order valence-electron chi connectivity index (χ3n) is 4.45. The van der Waals surface area contributed by atoms with Crippen molar-refractivity contribution in [1.82, 2.24) is 15.3 Å². The monoisotopic (exact) mass is 464 g/mol. The molecule has 7 nitrogen and oxygen atoms in total. The van der Waals surface area contributed by atoms with Gasteiger partial charge in [0, 0.05) is 17.3 Å². The number of rotatable bonds is 6. The highest BCUT2D eigenvalue weighted by Crippen LogP contribution is 2.23. The van der Waals surface area contributed by atoms with Crippen molar-refractivity contribution in [2.75, 3.05) is 11.9 Å². The molecule has 1 aliphatic rings. The zero-order chi connectivity index (χ0) is 21.8. The zero-order valence-electron chi connectivity index (χ0n) is 15.9. The maximum atomic E-state index is 12.8. The molecule has 2 N–H and O–H groups in total. The number of carbonyl (C=O) groups excluding carboxylic acids is 3. The Bertz CT molecular complexity index is 1000. The van der Waals surface area contributed by atoms with Gasteiger partial charge in [0.2, 0.25) is 5.91 Å². The lowest BCUT2D eigenvalue weighted by Crippen LogP contribution is -2.49. The molecule has 30 heavy (non-hydrogen) atoms. The van der Waals surface area contributed by atoms with Gasteiger partial charge < -0.3 is 5.32 Å². The van der Waals surface area contributed by atoms with E-state index in [2.05, 4.69) is 10.7 Å². The third-order valence-corrected chi connectivity index (χ3v) is 5.41. The molecule has 2 aromatic rings. The van der Waals surface area contributed by atoms with E-state index in [1.165, 1.54) is 28.1 Å². The van der Waals surface area contributed by atoms with Crippen molar-refractivity contribution in [3.05, 3.63) is 64.1 Å². The zero-order valence-corrected chi connectivity index (χ0v) is 18.2. The Morgan fingerprint density at radius 2 is 1.83 bits per heavy atom. The second kappa shape index (κ2) is 9.42. The quantitative estimate of drug-likeness (QED) is 0.639. The molecule has 3 amide bonds. The minimum Gasteiger partial charge on any atom is -0.326 e. The minimum atomic E-state index is -0.976. The van der Waals surface area contributed by atoms with Gasteiger partial charge in [-0.1, -0.05) is 41.4 Å². The van der Waals surface area contributed by atoms with Crippen LogP contribution in [-0.4, -0.2) is 45.3 Å². The van der Waals surface area contributed by atoms with Crippen LogP contribution in [0.5, 0.6) is 0 Å². The van der Waals surface area contributed by atoms with Crippen molar-refractivity contribution in [2.24, 2.45) is 0 Å². The molecule has 1 heterocycles. The summed E-state index contributed by atoms with van der Waals surface area (Å²) in [5, 5.41) is 4.61. The first-order valence-electron chi connectivity index (χ1n) is 9.07. The van der Waals surface area contributed by atoms with E-state index in [1.54, 1.807) is 31.2 Å². The lowest BCUT2D eigenvalue weighted by atomic mass is 10.1. The van der Waals surface area contributed by atoms with Crippen molar-refractivity contribution in [2.45, 2.75) is 19.4 Å². The minimum absolute atomic E-state index is 0.110. The van der Waals surface area contributed by atoms with Crippen molar-refractivity contribution in [3.8, 4) is 0 Å². The molecule has 156 valence electrons. The van der Waals surface area contributed by atoms with Gasteiger partial charge in [-0.25, -0.2) is 5.01 Å². The van der Waals surface area contributed by atoms with Gasteiger partial charge in [-0.3, -0.25) is 24.7 Å². The summed E-state index contributed by atoms with van der Waals surface area (Å²) in [6, 6.07) is 12.3. The number of halogens is 2. The summed E-state index contributed by atoms with van der Waals surface area (Å²) in [5.74, 6) is -1.32. The van der Waals surface area contributed by atoms with Crippen LogP contribution in [0.1, 0.15) is 23.7 Å². The molecule has 0 saturated carbocycles. The van der Waals surface area contributed by atoms with Gasteiger partial charge in [0.15, 0.2) is 5.11 Å². The van der Waals surface area contributed by atoms with Crippen LogP contribution in [0.15, 0.2) is 48.5 Å². The van der Waals surface area contributed by atoms with Crippen molar-refractivity contribution in [1.29, 1.82) is 0 Å². The van der Waals surface area contributed by atoms with Gasteiger partial charge in [0.25, 0.3) is 11.8 Å². The fourth-order valence-electron chi connectivity index (χ4n) is 3.00. The Hall–Kier alpha value is -2.68. The van der Waals surface area contributed by atoms with E-state index in [-0.39, 0.29) is 33.9 Å². The van der Waals surface area contributed by atoms with Gasteiger partial charge in [-0.05, 0) is 49.5 Å². The lowest BCUT2D eigenvalue weighted by molar-refractivity contribution is -0.130. The standard InChI is InChI=1S/C20H18Cl2N4O3S/c1-2-25-19(29)16(11-17(27)23-13-6-4-3-5-7-13)26(20(25)30)24-18(28)14-9-8-12(21)10-15(14)22/h3-10,16H,2,11H2,1H3,(H,23,27)(H,24,28). The maximum Gasteiger partial charge on any atom is 0.271 e. The first-order chi connectivity index (χ1) is 14.3. The Kier molecular flexibility index (Phi) is 6.91. The largest absolute Gasteiger partial charge is 0.326 e. The highest BCUT2D eigenvalue weighted by molar-refractivity contribution is 7.80. The Labute approximate surface area is 188 Å². The van der Waals surface area contributed by atoms with Crippen molar-refractivity contribution in [3.63, 3.8) is 0 Å². The number of likely N-dealkylation sites (N-methyl/N-ethyl adjacent to an activating group) is 1. The second-order valence-electron chi connectivity index (χ2n) is 6.43. The number of nitrogens with one attached hydrogen (secondary N) is 2. The lowest BCUT2D eigenvalue weighted by Gasteiger charge is -2.24. The molecular weight excluding hydrogens is 447 g/mol. The molecule has 0 radical (unpaired) electrons. The summed E-state index contributed by atoms with van der Waals surface area (Å²) in [4.78, 5) is 39.4. The molecule has 2 aromatic carbocycles. The summed E-state index contributed by atoms with van der Waals surface area (Å²) < 4.78 is 0. The van der Waals surface area contributed by atoms with Gasteiger partial charge in [0.05, 0.1) is 17.0 Å². The number of nitrogens with zero attached hydrogens (tertiary/aromatic N) is 2. The van der Waals surface area contributed by atoms with Crippen LogP contribution in [0, 0.1) is 0 Å². The molecule has 1 fully saturated rings. The fourth-order valence-corrected chi connectivity index (χ4v) is 3.88. The normalized spacial score (nSPS) is 16.0. The predicted molar refractivity (Wildman–Crippen MR) is 119 cm³/mol. The van der Waals surface area contributed by atoms with Gasteiger partial charge in [-0.2, -0.15) is 0 Å². The Morgan fingerprint density at radius 1 is 1.13 bits per heavy atom. The highest BCUT2D eigenvalue weighted by atomic mass is 35.5. The van der Waals surface area contributed by atoms with E-state index in [9.17, 15) is 14.4 Å². The smallest absolute Gasteiger partial charge is 0.271 e. The summed E-state index contributed by atoms with van der Waals surface area (Å²) in [6.45, 7) is 2.06. The van der Waals surface area contributed by atoms with Crippen LogP contribution >= 0.6 is 35.4 Å². The van der Waals surface area contributed by atoms with Crippen LogP contribution < -0.4 is 10.7 Å². The van der Waals surface area contributed by atoms with Gasteiger partial charge >= 0.3 is 0 Å². The van der Waals surface area contributed by atoms with E-state index in [4.69, 9.17) is 35.4 Å². The van der Waals surface area contributed by atoms with Gasteiger partial charge in [-0.15, -0.1) is 0 Å². The maximum absolute atomic E-state index is 12.8. The first kappa shape index (κ1) is 22.0. The average molecular weight is 465 g/mol. The molecule has 1 unspecified atom stereocenters. The van der Waals surface area contributed by atoms with E-state index < -0.39 is 11.9 Å². The summed E-state index contributed by atoms with van der Waals surface area (Å²) in [5.41, 5.74) is 3.37. The van der Waals surface area contributed by atoms with Crippen LogP contribution in [0.4, 0.5) is 5.69 Å². The van der Waals surface area contributed by atoms with Gasteiger partial charge in [0.1, 0.15) is 6.04 Å². The van der Waals surface area contributed by atoms with E-state index in [1.807, 2.05) is 6.07 Å². The number of para-hydroxylation sites is 1. The fraction of sp³-hybridized carbons (Fsp3) is 0.200. The molecule has 1 aliphatic heterocycles. The Morgan fingerprint density at radius 3 is 2.47 bits per heavy atom. The molecule has 10 heteroatoms. The number of anilines is 1. The first-order valence-corrected chi connectivity index (χ1v) is 10.2. The number of hydrogen-bond donors (Lipinski definition) is 2. The number of amides is 3. The molecular formula is C20H18Cl2N4O3S.